The highest BCUT2D eigenvalue weighted by Gasteiger charge is 2.19. The normalized spacial score (nSPS) is 13.0. The third-order valence-electron chi connectivity index (χ3n) is 3.71. The second-order valence-electron chi connectivity index (χ2n) is 5.28. The summed E-state index contributed by atoms with van der Waals surface area (Å²) in [5.41, 5.74) is 5.13. The number of phenols is 1. The zero-order chi connectivity index (χ0) is 14.6. The molecule has 0 aliphatic carbocycles. The van der Waals surface area contributed by atoms with E-state index in [0.717, 1.165) is 22.4 Å². The Morgan fingerprint density at radius 1 is 1.19 bits per heavy atom. The minimum atomic E-state index is 0.132. The lowest BCUT2D eigenvalue weighted by atomic mass is 10.0. The van der Waals surface area contributed by atoms with Crippen molar-refractivity contribution >= 4 is 34.3 Å². The SMILES string of the molecule is Cc1ccc2c(c1)-c1nc3c(O)cc(Cl)cc3cc1CS2. The van der Waals surface area contributed by atoms with Crippen molar-refractivity contribution in [3.63, 3.8) is 0 Å². The minimum absolute atomic E-state index is 0.132. The number of aromatic hydroxyl groups is 1. The smallest absolute Gasteiger partial charge is 0.143 e. The first-order valence-electron chi connectivity index (χ1n) is 6.68. The van der Waals surface area contributed by atoms with Gasteiger partial charge in [-0.1, -0.05) is 23.2 Å². The lowest BCUT2D eigenvalue weighted by Crippen LogP contribution is -2.00. The van der Waals surface area contributed by atoms with Gasteiger partial charge in [0.1, 0.15) is 11.3 Å². The molecule has 0 amide bonds. The zero-order valence-electron chi connectivity index (χ0n) is 11.4. The number of thioether (sulfide) groups is 1. The molecular formula is C17H12ClNOS. The van der Waals surface area contributed by atoms with Gasteiger partial charge < -0.3 is 5.11 Å². The van der Waals surface area contributed by atoms with E-state index in [1.165, 1.54) is 22.1 Å². The lowest BCUT2D eigenvalue weighted by Gasteiger charge is -2.20. The molecule has 2 heterocycles. The van der Waals surface area contributed by atoms with Crippen LogP contribution in [0.1, 0.15) is 11.1 Å². The fraction of sp³-hybridized carbons (Fsp3) is 0.118. The quantitative estimate of drug-likeness (QED) is 0.621. The Bertz CT molecular complexity index is 892. The van der Waals surface area contributed by atoms with Gasteiger partial charge >= 0.3 is 0 Å². The van der Waals surface area contributed by atoms with E-state index in [1.807, 2.05) is 17.8 Å². The van der Waals surface area contributed by atoms with Crippen molar-refractivity contribution in [2.24, 2.45) is 0 Å². The predicted octanol–water partition coefficient (Wildman–Crippen LogP) is 5.17. The molecular weight excluding hydrogens is 302 g/mol. The highest BCUT2D eigenvalue weighted by Crippen LogP contribution is 2.43. The molecule has 1 N–H and O–H groups in total. The Labute approximate surface area is 131 Å². The summed E-state index contributed by atoms with van der Waals surface area (Å²) in [6.07, 6.45) is 0. The average Bonchev–Trinajstić information content (AvgIpc) is 2.45. The molecule has 1 aromatic heterocycles. The van der Waals surface area contributed by atoms with Gasteiger partial charge in [-0.3, -0.25) is 0 Å². The van der Waals surface area contributed by atoms with Crippen LogP contribution in [0, 0.1) is 6.92 Å². The Morgan fingerprint density at radius 2 is 2.05 bits per heavy atom. The third-order valence-corrected chi connectivity index (χ3v) is 5.06. The first kappa shape index (κ1) is 13.0. The van der Waals surface area contributed by atoms with Gasteiger partial charge in [-0.05, 0) is 36.8 Å². The zero-order valence-corrected chi connectivity index (χ0v) is 12.9. The number of benzene rings is 2. The monoisotopic (exact) mass is 313 g/mol. The largest absolute Gasteiger partial charge is 0.506 e. The maximum atomic E-state index is 10.1. The number of aryl methyl sites for hydroxylation is 1. The van der Waals surface area contributed by atoms with Crippen LogP contribution >= 0.6 is 23.4 Å². The fourth-order valence-electron chi connectivity index (χ4n) is 2.73. The van der Waals surface area contributed by atoms with Crippen LogP contribution in [-0.2, 0) is 5.75 Å². The summed E-state index contributed by atoms with van der Waals surface area (Å²) in [4.78, 5) is 5.96. The molecule has 21 heavy (non-hydrogen) atoms. The Morgan fingerprint density at radius 3 is 2.90 bits per heavy atom. The van der Waals surface area contributed by atoms with E-state index in [-0.39, 0.29) is 5.75 Å². The average molecular weight is 314 g/mol. The lowest BCUT2D eigenvalue weighted by molar-refractivity contribution is 0.480. The molecule has 0 saturated heterocycles. The van der Waals surface area contributed by atoms with Gasteiger partial charge in [0.2, 0.25) is 0 Å². The van der Waals surface area contributed by atoms with Crippen LogP contribution in [0.3, 0.4) is 0 Å². The number of hydrogen-bond acceptors (Lipinski definition) is 3. The molecule has 0 saturated carbocycles. The van der Waals surface area contributed by atoms with E-state index in [4.69, 9.17) is 16.6 Å². The summed E-state index contributed by atoms with van der Waals surface area (Å²) in [6.45, 7) is 2.08. The van der Waals surface area contributed by atoms with E-state index in [1.54, 1.807) is 0 Å². The number of aromatic nitrogens is 1. The number of fused-ring (bicyclic) bond motifs is 4. The van der Waals surface area contributed by atoms with Crippen LogP contribution in [-0.4, -0.2) is 10.1 Å². The van der Waals surface area contributed by atoms with E-state index in [2.05, 4.69) is 31.2 Å². The summed E-state index contributed by atoms with van der Waals surface area (Å²) in [7, 11) is 0. The van der Waals surface area contributed by atoms with Crippen LogP contribution in [0.5, 0.6) is 5.75 Å². The second-order valence-corrected chi connectivity index (χ2v) is 6.73. The fourth-order valence-corrected chi connectivity index (χ4v) is 3.96. The Balaban J connectivity index is 2.05. The molecule has 104 valence electrons. The van der Waals surface area contributed by atoms with Crippen LogP contribution < -0.4 is 0 Å². The number of halogens is 1. The van der Waals surface area contributed by atoms with Gasteiger partial charge in [0.05, 0.1) is 5.69 Å². The molecule has 0 radical (unpaired) electrons. The van der Waals surface area contributed by atoms with Gasteiger partial charge in [-0.15, -0.1) is 11.8 Å². The molecule has 1 aliphatic heterocycles. The number of rotatable bonds is 0. The first-order chi connectivity index (χ1) is 10.1. The van der Waals surface area contributed by atoms with Crippen LogP contribution in [0.25, 0.3) is 22.2 Å². The van der Waals surface area contributed by atoms with Gasteiger partial charge in [0.25, 0.3) is 0 Å². The van der Waals surface area contributed by atoms with Crippen molar-refractivity contribution in [1.29, 1.82) is 0 Å². The molecule has 0 bridgehead atoms. The Hall–Kier alpha value is -1.71. The predicted molar refractivity (Wildman–Crippen MR) is 88.2 cm³/mol. The van der Waals surface area contributed by atoms with E-state index < -0.39 is 0 Å². The van der Waals surface area contributed by atoms with Crippen molar-refractivity contribution in [3.05, 3.63) is 52.5 Å². The summed E-state index contributed by atoms with van der Waals surface area (Å²) in [5, 5.41) is 11.5. The van der Waals surface area contributed by atoms with Crippen molar-refractivity contribution < 1.29 is 5.11 Å². The number of hydrogen-bond donors (Lipinski definition) is 1. The van der Waals surface area contributed by atoms with Crippen LogP contribution in [0.15, 0.2) is 41.3 Å². The summed E-state index contributed by atoms with van der Waals surface area (Å²) in [5.74, 6) is 1.02. The minimum Gasteiger partial charge on any atom is -0.506 e. The topological polar surface area (TPSA) is 33.1 Å². The van der Waals surface area contributed by atoms with Crippen LogP contribution in [0.2, 0.25) is 5.02 Å². The number of nitrogens with zero attached hydrogens (tertiary/aromatic N) is 1. The number of phenolic OH excluding ortho intramolecular Hbond substituents is 1. The van der Waals surface area contributed by atoms with Gasteiger partial charge in [-0.2, -0.15) is 0 Å². The molecule has 4 rings (SSSR count). The molecule has 1 aliphatic rings. The molecule has 0 atom stereocenters. The van der Waals surface area contributed by atoms with Gasteiger partial charge in [0.15, 0.2) is 0 Å². The Kier molecular flexibility index (Phi) is 2.88. The standard InChI is InChI=1S/C17H12ClNOS/c1-9-2-3-15-13(4-9)16-11(8-21-15)5-10-6-12(18)7-14(20)17(10)19-16/h2-7,20H,8H2,1H3. The van der Waals surface area contributed by atoms with Gasteiger partial charge in [-0.25, -0.2) is 4.98 Å². The van der Waals surface area contributed by atoms with E-state index in [9.17, 15) is 5.11 Å². The summed E-state index contributed by atoms with van der Waals surface area (Å²) < 4.78 is 0. The molecule has 0 unspecified atom stereocenters. The van der Waals surface area contributed by atoms with Crippen molar-refractivity contribution in [2.45, 2.75) is 17.6 Å². The van der Waals surface area contributed by atoms with Crippen molar-refractivity contribution in [1.82, 2.24) is 4.98 Å². The molecule has 2 aromatic carbocycles. The van der Waals surface area contributed by atoms with Crippen molar-refractivity contribution in [3.8, 4) is 17.0 Å². The summed E-state index contributed by atoms with van der Waals surface area (Å²) in [6, 6.07) is 11.9. The highest BCUT2D eigenvalue weighted by atomic mass is 35.5. The molecule has 2 nitrogen and oxygen atoms in total. The number of pyridine rings is 1. The highest BCUT2D eigenvalue weighted by molar-refractivity contribution is 7.98. The third kappa shape index (κ3) is 2.08. The maximum absolute atomic E-state index is 10.1. The summed E-state index contributed by atoms with van der Waals surface area (Å²) >= 11 is 7.84. The van der Waals surface area contributed by atoms with E-state index >= 15 is 0 Å². The van der Waals surface area contributed by atoms with Crippen LogP contribution in [0.4, 0.5) is 0 Å². The van der Waals surface area contributed by atoms with Crippen molar-refractivity contribution in [2.75, 3.05) is 0 Å². The molecule has 3 aromatic rings. The second kappa shape index (κ2) is 4.65. The van der Waals surface area contributed by atoms with Gasteiger partial charge in [0, 0.05) is 32.7 Å². The molecule has 0 spiro atoms. The first-order valence-corrected chi connectivity index (χ1v) is 8.04. The molecule has 0 fully saturated rings. The maximum Gasteiger partial charge on any atom is 0.143 e. The molecule has 4 heteroatoms. The van der Waals surface area contributed by atoms with E-state index in [0.29, 0.717) is 10.5 Å².